The van der Waals surface area contributed by atoms with E-state index in [9.17, 15) is 9.59 Å². The highest BCUT2D eigenvalue weighted by molar-refractivity contribution is 8.02. The third-order valence-corrected chi connectivity index (χ3v) is 4.47. The van der Waals surface area contributed by atoms with E-state index < -0.39 is 5.97 Å². The van der Waals surface area contributed by atoms with Crippen molar-refractivity contribution in [2.45, 2.75) is 42.7 Å². The maximum absolute atomic E-state index is 11.8. The van der Waals surface area contributed by atoms with E-state index in [0.29, 0.717) is 16.6 Å². The van der Waals surface area contributed by atoms with Gasteiger partial charge in [0.1, 0.15) is 5.25 Å². The van der Waals surface area contributed by atoms with E-state index in [1.165, 1.54) is 23.1 Å². The van der Waals surface area contributed by atoms with E-state index in [4.69, 9.17) is 9.84 Å². The first kappa shape index (κ1) is 16.0. The Kier molecular flexibility index (Phi) is 6.86. The molecular formula is C12H17NO4S2. The van der Waals surface area contributed by atoms with Gasteiger partial charge in [-0.15, -0.1) is 11.3 Å². The molecule has 0 bridgehead atoms. The normalized spacial score (nSPS) is 12.1. The number of hydrogen-bond donors (Lipinski definition) is 1. The molecule has 1 N–H and O–H groups in total. The molecular weight excluding hydrogens is 286 g/mol. The molecule has 1 aromatic rings. The second-order valence-electron chi connectivity index (χ2n) is 3.82. The molecule has 0 spiro atoms. The van der Waals surface area contributed by atoms with Crippen LogP contribution in [0.1, 0.15) is 32.4 Å². The van der Waals surface area contributed by atoms with E-state index in [1.807, 2.05) is 6.92 Å². The van der Waals surface area contributed by atoms with Crippen LogP contribution in [0.15, 0.2) is 9.72 Å². The van der Waals surface area contributed by atoms with E-state index in [2.05, 4.69) is 4.98 Å². The number of aromatic nitrogens is 1. The van der Waals surface area contributed by atoms with Gasteiger partial charge >= 0.3 is 11.9 Å². The number of aliphatic carboxylic acids is 1. The average Bonchev–Trinajstić information content (AvgIpc) is 2.75. The van der Waals surface area contributed by atoms with Gasteiger partial charge in [0.25, 0.3) is 0 Å². The Morgan fingerprint density at radius 3 is 2.84 bits per heavy atom. The summed E-state index contributed by atoms with van der Waals surface area (Å²) in [4.78, 5) is 26.5. The van der Waals surface area contributed by atoms with Crippen LogP contribution in [0.5, 0.6) is 0 Å². The van der Waals surface area contributed by atoms with Gasteiger partial charge in [-0.2, -0.15) is 0 Å². The summed E-state index contributed by atoms with van der Waals surface area (Å²) in [6.07, 6.45) is 1.51. The minimum Gasteiger partial charge on any atom is -0.481 e. The van der Waals surface area contributed by atoms with Crippen molar-refractivity contribution >= 4 is 35.0 Å². The SMILES string of the molecule is CCCC(Sc1nc(CC(=O)O)cs1)C(=O)OCC. The number of thiazole rings is 1. The number of carboxylic acid groups (broad SMARTS) is 1. The van der Waals surface area contributed by atoms with Gasteiger partial charge in [0, 0.05) is 5.38 Å². The van der Waals surface area contributed by atoms with Crippen molar-refractivity contribution < 1.29 is 19.4 Å². The van der Waals surface area contributed by atoms with Crippen LogP contribution < -0.4 is 0 Å². The number of nitrogens with zero attached hydrogens (tertiary/aromatic N) is 1. The van der Waals surface area contributed by atoms with Crippen molar-refractivity contribution in [3.63, 3.8) is 0 Å². The van der Waals surface area contributed by atoms with E-state index in [0.717, 1.165) is 12.8 Å². The van der Waals surface area contributed by atoms with Crippen LogP contribution in [0, 0.1) is 0 Å². The van der Waals surface area contributed by atoms with Gasteiger partial charge in [-0.05, 0) is 13.3 Å². The number of rotatable bonds is 8. The third-order valence-electron chi connectivity index (χ3n) is 2.21. The van der Waals surface area contributed by atoms with E-state index >= 15 is 0 Å². The Morgan fingerprint density at radius 2 is 2.26 bits per heavy atom. The van der Waals surface area contributed by atoms with Crippen LogP contribution in [0.3, 0.4) is 0 Å². The molecule has 106 valence electrons. The van der Waals surface area contributed by atoms with Gasteiger partial charge in [0.2, 0.25) is 0 Å². The third kappa shape index (κ3) is 5.61. The van der Waals surface area contributed by atoms with Crippen LogP contribution in [-0.2, 0) is 20.7 Å². The summed E-state index contributed by atoms with van der Waals surface area (Å²) in [5.41, 5.74) is 0.527. The molecule has 0 aliphatic heterocycles. The summed E-state index contributed by atoms with van der Waals surface area (Å²) in [7, 11) is 0. The standard InChI is InChI=1S/C12H17NO4S2/c1-3-5-9(11(16)17-4-2)19-12-13-8(7-18-12)6-10(14)15/h7,9H,3-6H2,1-2H3,(H,14,15). The molecule has 0 aliphatic rings. The molecule has 0 fully saturated rings. The van der Waals surface area contributed by atoms with Gasteiger partial charge in [-0.1, -0.05) is 25.1 Å². The van der Waals surface area contributed by atoms with Gasteiger partial charge in [-0.3, -0.25) is 9.59 Å². The molecule has 1 heterocycles. The van der Waals surface area contributed by atoms with Gasteiger partial charge in [-0.25, -0.2) is 4.98 Å². The number of hydrogen-bond acceptors (Lipinski definition) is 6. The first-order valence-corrected chi connectivity index (χ1v) is 7.82. The summed E-state index contributed by atoms with van der Waals surface area (Å²) < 4.78 is 5.73. The largest absolute Gasteiger partial charge is 0.481 e. The maximum Gasteiger partial charge on any atom is 0.319 e. The summed E-state index contributed by atoms with van der Waals surface area (Å²) >= 11 is 2.71. The lowest BCUT2D eigenvalue weighted by Crippen LogP contribution is -2.20. The molecule has 1 aromatic heterocycles. The molecule has 7 heteroatoms. The Bertz CT molecular complexity index is 433. The smallest absolute Gasteiger partial charge is 0.319 e. The number of carbonyl (C=O) groups is 2. The van der Waals surface area contributed by atoms with Crippen LogP contribution in [0.25, 0.3) is 0 Å². The lowest BCUT2D eigenvalue weighted by molar-refractivity contribution is -0.142. The lowest BCUT2D eigenvalue weighted by Gasteiger charge is -2.12. The van der Waals surface area contributed by atoms with Crippen molar-refractivity contribution in [3.8, 4) is 0 Å². The first-order chi connectivity index (χ1) is 9.06. The quantitative estimate of drug-likeness (QED) is 0.587. The zero-order valence-corrected chi connectivity index (χ0v) is 12.6. The van der Waals surface area contributed by atoms with Crippen molar-refractivity contribution in [2.75, 3.05) is 6.61 Å². The first-order valence-electron chi connectivity index (χ1n) is 6.06. The zero-order chi connectivity index (χ0) is 14.3. The molecule has 19 heavy (non-hydrogen) atoms. The predicted octanol–water partition coefficient (Wildman–Crippen LogP) is 2.59. The van der Waals surface area contributed by atoms with Crippen LogP contribution >= 0.6 is 23.1 Å². The summed E-state index contributed by atoms with van der Waals surface area (Å²) in [5.74, 6) is -1.14. The minimum absolute atomic E-state index is 0.0884. The predicted molar refractivity (Wildman–Crippen MR) is 74.6 cm³/mol. The minimum atomic E-state index is -0.905. The second-order valence-corrected chi connectivity index (χ2v) is 6.13. The van der Waals surface area contributed by atoms with Crippen molar-refractivity contribution in [2.24, 2.45) is 0 Å². The lowest BCUT2D eigenvalue weighted by atomic mass is 10.2. The molecule has 0 aliphatic carbocycles. The Labute approximate surface area is 120 Å². The molecule has 1 rings (SSSR count). The summed E-state index contributed by atoms with van der Waals surface area (Å²) in [5, 5.41) is 10.1. The van der Waals surface area contributed by atoms with E-state index in [-0.39, 0.29) is 17.6 Å². The van der Waals surface area contributed by atoms with Crippen LogP contribution in [0.2, 0.25) is 0 Å². The zero-order valence-electron chi connectivity index (χ0n) is 10.9. The summed E-state index contributed by atoms with van der Waals surface area (Å²) in [6, 6.07) is 0. The highest BCUT2D eigenvalue weighted by atomic mass is 32.2. The molecule has 0 amide bonds. The average molecular weight is 303 g/mol. The molecule has 0 radical (unpaired) electrons. The van der Waals surface area contributed by atoms with Gasteiger partial charge in [0.15, 0.2) is 4.34 Å². The number of carbonyl (C=O) groups excluding carboxylic acids is 1. The molecule has 1 unspecified atom stereocenters. The molecule has 5 nitrogen and oxygen atoms in total. The van der Waals surface area contributed by atoms with Crippen molar-refractivity contribution in [3.05, 3.63) is 11.1 Å². The van der Waals surface area contributed by atoms with Crippen LogP contribution in [0.4, 0.5) is 0 Å². The summed E-state index contributed by atoms with van der Waals surface area (Å²) in [6.45, 7) is 4.15. The highest BCUT2D eigenvalue weighted by Gasteiger charge is 2.22. The molecule has 0 aromatic carbocycles. The monoisotopic (exact) mass is 303 g/mol. The highest BCUT2D eigenvalue weighted by Crippen LogP contribution is 2.30. The fourth-order valence-electron chi connectivity index (χ4n) is 1.42. The van der Waals surface area contributed by atoms with Gasteiger partial charge in [0.05, 0.1) is 18.7 Å². The fraction of sp³-hybridized carbons (Fsp3) is 0.583. The molecule has 0 saturated heterocycles. The van der Waals surface area contributed by atoms with Crippen molar-refractivity contribution in [1.29, 1.82) is 0 Å². The number of thioether (sulfide) groups is 1. The number of esters is 1. The van der Waals surface area contributed by atoms with Gasteiger partial charge < -0.3 is 9.84 Å². The Balaban J connectivity index is 2.65. The maximum atomic E-state index is 11.8. The Morgan fingerprint density at radius 1 is 1.53 bits per heavy atom. The van der Waals surface area contributed by atoms with Crippen LogP contribution in [-0.4, -0.2) is 33.9 Å². The van der Waals surface area contributed by atoms with E-state index in [1.54, 1.807) is 12.3 Å². The fourth-order valence-corrected chi connectivity index (χ4v) is 3.61. The molecule has 1 atom stereocenters. The Hall–Kier alpha value is -1.08. The topological polar surface area (TPSA) is 76.5 Å². The second kappa shape index (κ2) is 8.16. The number of ether oxygens (including phenoxy) is 1. The number of carboxylic acids is 1. The molecule has 0 saturated carbocycles. The van der Waals surface area contributed by atoms with Crippen molar-refractivity contribution in [1.82, 2.24) is 4.98 Å².